The van der Waals surface area contributed by atoms with Crippen LogP contribution in [0.5, 0.6) is 0 Å². The van der Waals surface area contributed by atoms with Crippen molar-refractivity contribution in [3.05, 3.63) is 59.7 Å². The van der Waals surface area contributed by atoms with Crippen LogP contribution in [0.15, 0.2) is 54.2 Å². The van der Waals surface area contributed by atoms with E-state index in [-0.39, 0.29) is 0 Å². The van der Waals surface area contributed by atoms with Gasteiger partial charge in [-0.1, -0.05) is 36.4 Å². The fourth-order valence-electron chi connectivity index (χ4n) is 3.77. The summed E-state index contributed by atoms with van der Waals surface area (Å²) in [5, 5.41) is 28.7. The summed E-state index contributed by atoms with van der Waals surface area (Å²) in [6, 6.07) is 13.7. The van der Waals surface area contributed by atoms with E-state index in [9.17, 15) is 15.0 Å². The Kier molecular flexibility index (Phi) is 5.77. The zero-order valence-corrected chi connectivity index (χ0v) is 18.4. The molecule has 1 aliphatic rings. The van der Waals surface area contributed by atoms with Crippen molar-refractivity contribution < 1.29 is 19.7 Å². The van der Waals surface area contributed by atoms with Crippen LogP contribution in [-0.4, -0.2) is 61.0 Å². The molecule has 0 radical (unpaired) electrons. The van der Waals surface area contributed by atoms with Gasteiger partial charge in [0.05, 0.1) is 11.2 Å². The first-order chi connectivity index (χ1) is 16.1. The van der Waals surface area contributed by atoms with Crippen LogP contribution in [-0.2, 0) is 16.1 Å². The minimum Gasteiger partial charge on any atom is -0.387 e. The summed E-state index contributed by atoms with van der Waals surface area (Å²) < 4.78 is 7.25. The second-order valence-electron chi connectivity index (χ2n) is 7.58. The molecule has 4 aromatic rings. The van der Waals surface area contributed by atoms with Gasteiger partial charge >= 0.3 is 0 Å². The van der Waals surface area contributed by atoms with Crippen LogP contribution >= 0.6 is 11.3 Å². The lowest BCUT2D eigenvalue weighted by Gasteiger charge is -2.17. The molecule has 0 spiro atoms. The molecule has 3 aromatic heterocycles. The van der Waals surface area contributed by atoms with E-state index in [1.165, 1.54) is 29.3 Å². The molecule has 5 rings (SSSR count). The molecule has 1 aromatic carbocycles. The molecule has 170 valence electrons. The largest absolute Gasteiger partial charge is 0.387 e. The number of amides is 1. The van der Waals surface area contributed by atoms with E-state index in [2.05, 4.69) is 25.6 Å². The molecule has 0 aliphatic carbocycles. The normalized spacial score (nSPS) is 22.5. The van der Waals surface area contributed by atoms with Gasteiger partial charge in [-0.2, -0.15) is 0 Å². The SMILES string of the molecule is CNC(=O)[C@@H]1OC(n2cnc3c(NCc4ccccc4)nc(-c4cccs4)nc32)C(O)C1O. The number of fused-ring (bicyclic) bond motifs is 1. The highest BCUT2D eigenvalue weighted by Crippen LogP contribution is 2.34. The lowest BCUT2D eigenvalue weighted by atomic mass is 10.1. The topological polar surface area (TPSA) is 134 Å². The third-order valence-electron chi connectivity index (χ3n) is 5.48. The minimum atomic E-state index is -1.39. The first-order valence-electron chi connectivity index (χ1n) is 10.4. The first-order valence-corrected chi connectivity index (χ1v) is 11.2. The number of nitrogens with one attached hydrogen (secondary N) is 2. The van der Waals surface area contributed by atoms with Gasteiger partial charge in [-0.05, 0) is 17.0 Å². The number of carbonyl (C=O) groups is 1. The number of imidazole rings is 1. The number of aromatic nitrogens is 4. The molecule has 1 amide bonds. The van der Waals surface area contributed by atoms with Gasteiger partial charge in [0.25, 0.3) is 5.91 Å². The van der Waals surface area contributed by atoms with Crippen molar-refractivity contribution in [2.24, 2.45) is 0 Å². The number of anilines is 1. The Hall–Kier alpha value is -3.38. The molecule has 11 heteroatoms. The van der Waals surface area contributed by atoms with E-state index >= 15 is 0 Å². The molecule has 3 unspecified atom stereocenters. The highest BCUT2D eigenvalue weighted by Gasteiger charge is 2.47. The van der Waals surface area contributed by atoms with Gasteiger partial charge in [0.15, 0.2) is 35.1 Å². The number of likely N-dealkylation sites (N-methyl/N-ethyl adjacent to an activating group) is 1. The quantitative estimate of drug-likeness (QED) is 0.336. The standard InChI is InChI=1S/C22H22N6O4S/c1-23-21(31)17-15(29)16(30)22(32-17)28-11-25-14-19(24-10-12-6-3-2-4-7-12)26-18(27-20(14)28)13-8-5-9-33-13/h2-9,11,15-17,22,29-30H,10H2,1H3,(H,23,31)(H,24,26,27)/t15?,16?,17-,22?/m1/s1. The van der Waals surface area contributed by atoms with Gasteiger partial charge < -0.3 is 25.6 Å². The van der Waals surface area contributed by atoms with Crippen LogP contribution < -0.4 is 10.6 Å². The minimum absolute atomic E-state index is 0.415. The van der Waals surface area contributed by atoms with Gasteiger partial charge in [0.1, 0.15) is 12.2 Å². The average molecular weight is 467 g/mol. The molecule has 4 heterocycles. The van der Waals surface area contributed by atoms with Crippen LogP contribution in [0.4, 0.5) is 5.82 Å². The predicted octanol–water partition coefficient (Wildman–Crippen LogP) is 1.53. The van der Waals surface area contributed by atoms with E-state index < -0.39 is 30.4 Å². The highest BCUT2D eigenvalue weighted by atomic mass is 32.1. The number of nitrogens with zero attached hydrogens (tertiary/aromatic N) is 4. The number of carbonyl (C=O) groups excluding carboxylic acids is 1. The van der Waals surface area contributed by atoms with Gasteiger partial charge in [-0.25, -0.2) is 15.0 Å². The van der Waals surface area contributed by atoms with E-state index in [0.717, 1.165) is 10.4 Å². The van der Waals surface area contributed by atoms with Crippen LogP contribution in [0.2, 0.25) is 0 Å². The molecule has 4 N–H and O–H groups in total. The van der Waals surface area contributed by atoms with Crippen molar-refractivity contribution in [2.45, 2.75) is 31.1 Å². The molecule has 1 saturated heterocycles. The van der Waals surface area contributed by atoms with Crippen molar-refractivity contribution in [1.82, 2.24) is 24.8 Å². The van der Waals surface area contributed by atoms with Crippen molar-refractivity contribution in [2.75, 3.05) is 12.4 Å². The number of aliphatic hydroxyl groups excluding tert-OH is 2. The Morgan fingerprint density at radius 3 is 2.70 bits per heavy atom. The summed E-state index contributed by atoms with van der Waals surface area (Å²) in [6.07, 6.45) is -3.51. The van der Waals surface area contributed by atoms with Gasteiger partial charge in [-0.15, -0.1) is 11.3 Å². The number of rotatable bonds is 6. The smallest absolute Gasteiger partial charge is 0.251 e. The molecule has 33 heavy (non-hydrogen) atoms. The van der Waals surface area contributed by atoms with Crippen LogP contribution in [0.25, 0.3) is 21.9 Å². The van der Waals surface area contributed by atoms with Crippen molar-refractivity contribution in [1.29, 1.82) is 0 Å². The van der Waals surface area contributed by atoms with Crippen molar-refractivity contribution >= 4 is 34.2 Å². The summed E-state index contributed by atoms with van der Waals surface area (Å²) >= 11 is 1.50. The second-order valence-corrected chi connectivity index (χ2v) is 8.53. The lowest BCUT2D eigenvalue weighted by molar-refractivity contribution is -0.137. The zero-order chi connectivity index (χ0) is 22.9. The molecule has 1 fully saturated rings. The maximum Gasteiger partial charge on any atom is 0.251 e. The Labute approximate surface area is 192 Å². The number of hydrogen-bond donors (Lipinski definition) is 4. The Balaban J connectivity index is 1.56. The summed E-state index contributed by atoms with van der Waals surface area (Å²) in [5.74, 6) is 0.500. The molecule has 1 aliphatic heterocycles. The number of ether oxygens (including phenoxy) is 1. The average Bonchev–Trinajstić information content (AvgIpc) is 3.58. The first kappa shape index (κ1) is 21.5. The van der Waals surface area contributed by atoms with Gasteiger partial charge in [-0.3, -0.25) is 9.36 Å². The molecular weight excluding hydrogens is 444 g/mol. The number of benzene rings is 1. The summed E-state index contributed by atoms with van der Waals surface area (Å²) in [5.41, 5.74) is 1.98. The molecule has 10 nitrogen and oxygen atoms in total. The summed E-state index contributed by atoms with van der Waals surface area (Å²) in [4.78, 5) is 26.7. The maximum absolute atomic E-state index is 12.1. The van der Waals surface area contributed by atoms with Crippen molar-refractivity contribution in [3.8, 4) is 10.7 Å². The molecule has 0 saturated carbocycles. The molecule has 4 atom stereocenters. The Morgan fingerprint density at radius 1 is 1.15 bits per heavy atom. The summed E-state index contributed by atoms with van der Waals surface area (Å²) in [7, 11) is 1.44. The third-order valence-corrected chi connectivity index (χ3v) is 6.35. The van der Waals surface area contributed by atoms with Crippen LogP contribution in [0, 0.1) is 0 Å². The monoisotopic (exact) mass is 466 g/mol. The van der Waals surface area contributed by atoms with E-state index in [1.54, 1.807) is 0 Å². The third kappa shape index (κ3) is 3.95. The number of thiophene rings is 1. The lowest BCUT2D eigenvalue weighted by Crippen LogP contribution is -2.41. The van der Waals surface area contributed by atoms with Gasteiger partial charge in [0, 0.05) is 13.6 Å². The summed E-state index contributed by atoms with van der Waals surface area (Å²) in [6.45, 7) is 0.531. The fourth-order valence-corrected chi connectivity index (χ4v) is 4.43. The van der Waals surface area contributed by atoms with E-state index in [4.69, 9.17) is 4.74 Å². The Bertz CT molecular complexity index is 1260. The van der Waals surface area contributed by atoms with Crippen LogP contribution in [0.1, 0.15) is 11.8 Å². The van der Waals surface area contributed by atoms with E-state index in [1.807, 2.05) is 47.8 Å². The fraction of sp³-hybridized carbons (Fsp3) is 0.273. The molecular formula is C22H22N6O4S. The van der Waals surface area contributed by atoms with Gasteiger partial charge in [0.2, 0.25) is 0 Å². The van der Waals surface area contributed by atoms with Crippen LogP contribution in [0.3, 0.4) is 0 Å². The van der Waals surface area contributed by atoms with Crippen molar-refractivity contribution in [3.63, 3.8) is 0 Å². The number of aliphatic hydroxyl groups is 2. The van der Waals surface area contributed by atoms with E-state index in [0.29, 0.717) is 29.4 Å². The predicted molar refractivity (Wildman–Crippen MR) is 122 cm³/mol. The maximum atomic E-state index is 12.1. The Morgan fingerprint density at radius 2 is 1.97 bits per heavy atom. The molecule has 0 bridgehead atoms. The second kappa shape index (κ2) is 8.87. The zero-order valence-electron chi connectivity index (χ0n) is 17.6. The highest BCUT2D eigenvalue weighted by molar-refractivity contribution is 7.13. The number of hydrogen-bond acceptors (Lipinski definition) is 9.